The molecule has 37 heavy (non-hydrogen) atoms. The lowest BCUT2D eigenvalue weighted by atomic mass is 9.88. The molecule has 0 bridgehead atoms. The number of hydrogen-bond acceptors (Lipinski definition) is 3. The average Bonchev–Trinajstić information content (AvgIpc) is 2.97. The molecular weight excluding hydrogens is 452 g/mol. The van der Waals surface area contributed by atoms with Crippen LogP contribution < -0.4 is 14.5 Å². The van der Waals surface area contributed by atoms with Crippen molar-refractivity contribution in [2.45, 2.75) is 0 Å². The van der Waals surface area contributed by atoms with Crippen LogP contribution in [0, 0.1) is 0 Å². The lowest BCUT2D eigenvalue weighted by Crippen LogP contribution is -2.21. The molecule has 2 aliphatic heterocycles. The Hall–Kier alpha value is -5.02. The molecule has 0 N–H and O–H groups in total. The molecule has 0 aromatic heterocycles. The van der Waals surface area contributed by atoms with E-state index < -0.39 is 0 Å². The van der Waals surface area contributed by atoms with Gasteiger partial charge in [-0.05, 0) is 65.5 Å². The SMILES string of the molecule is c1ccc(N2c3ccccc3Oc3ccc4c(c32)-c2cccc3cccc(c23)N4c2ccccc2)cc1. The van der Waals surface area contributed by atoms with Crippen molar-refractivity contribution in [2.24, 2.45) is 0 Å². The Morgan fingerprint density at radius 3 is 1.86 bits per heavy atom. The fraction of sp³-hybridized carbons (Fsp3) is 0. The molecule has 0 amide bonds. The molecular formula is C34H22N2O. The van der Waals surface area contributed by atoms with Crippen molar-refractivity contribution >= 4 is 44.9 Å². The van der Waals surface area contributed by atoms with E-state index in [-0.39, 0.29) is 0 Å². The van der Waals surface area contributed by atoms with Gasteiger partial charge >= 0.3 is 0 Å². The van der Waals surface area contributed by atoms with E-state index in [0.717, 1.165) is 39.9 Å². The van der Waals surface area contributed by atoms with Gasteiger partial charge in [0.25, 0.3) is 0 Å². The summed E-state index contributed by atoms with van der Waals surface area (Å²) in [5.74, 6) is 1.71. The minimum Gasteiger partial charge on any atom is -0.453 e. The van der Waals surface area contributed by atoms with Crippen LogP contribution in [-0.2, 0) is 0 Å². The number of rotatable bonds is 2. The predicted molar refractivity (Wildman–Crippen MR) is 152 cm³/mol. The van der Waals surface area contributed by atoms with Crippen molar-refractivity contribution in [3.63, 3.8) is 0 Å². The molecule has 3 heteroatoms. The highest BCUT2D eigenvalue weighted by Crippen LogP contribution is 2.60. The second-order valence-corrected chi connectivity index (χ2v) is 9.40. The number of nitrogens with zero attached hydrogens (tertiary/aromatic N) is 2. The summed E-state index contributed by atoms with van der Waals surface area (Å²) in [6, 6.07) is 47.0. The van der Waals surface area contributed by atoms with Crippen molar-refractivity contribution in [3.8, 4) is 22.6 Å². The fourth-order valence-corrected chi connectivity index (χ4v) is 5.83. The summed E-state index contributed by atoms with van der Waals surface area (Å²) in [4.78, 5) is 4.73. The van der Waals surface area contributed by atoms with E-state index in [1.54, 1.807) is 0 Å². The summed E-state index contributed by atoms with van der Waals surface area (Å²) < 4.78 is 6.56. The van der Waals surface area contributed by atoms with Gasteiger partial charge in [-0.25, -0.2) is 0 Å². The third-order valence-electron chi connectivity index (χ3n) is 7.33. The maximum Gasteiger partial charge on any atom is 0.152 e. The van der Waals surface area contributed by atoms with E-state index >= 15 is 0 Å². The molecule has 0 spiro atoms. The molecule has 6 aromatic carbocycles. The van der Waals surface area contributed by atoms with E-state index in [0.29, 0.717) is 0 Å². The quantitative estimate of drug-likeness (QED) is 0.248. The summed E-state index contributed by atoms with van der Waals surface area (Å²) in [5, 5.41) is 2.48. The molecule has 2 aliphatic rings. The van der Waals surface area contributed by atoms with Crippen LogP contribution in [0.15, 0.2) is 133 Å². The van der Waals surface area contributed by atoms with E-state index in [4.69, 9.17) is 4.74 Å². The summed E-state index contributed by atoms with van der Waals surface area (Å²) in [6.45, 7) is 0. The number of hydrogen-bond donors (Lipinski definition) is 0. The highest BCUT2D eigenvalue weighted by molar-refractivity contribution is 6.17. The highest BCUT2D eigenvalue weighted by atomic mass is 16.5. The number of benzene rings is 6. The van der Waals surface area contributed by atoms with Gasteiger partial charge in [0, 0.05) is 22.3 Å². The molecule has 0 fully saturated rings. The van der Waals surface area contributed by atoms with Crippen LogP contribution in [0.5, 0.6) is 11.5 Å². The summed E-state index contributed by atoms with van der Waals surface area (Å²) in [7, 11) is 0. The number of para-hydroxylation sites is 4. The third kappa shape index (κ3) is 2.88. The molecule has 0 aliphatic carbocycles. The maximum atomic E-state index is 6.56. The van der Waals surface area contributed by atoms with Crippen LogP contribution in [0.25, 0.3) is 21.9 Å². The summed E-state index contributed by atoms with van der Waals surface area (Å²) in [5.41, 5.74) is 9.05. The number of ether oxygens (including phenoxy) is 1. The predicted octanol–water partition coefficient (Wildman–Crippen LogP) is 9.87. The van der Waals surface area contributed by atoms with Crippen LogP contribution in [0.2, 0.25) is 0 Å². The van der Waals surface area contributed by atoms with Crippen LogP contribution in [0.3, 0.4) is 0 Å². The molecule has 0 saturated carbocycles. The highest BCUT2D eigenvalue weighted by Gasteiger charge is 2.35. The fourth-order valence-electron chi connectivity index (χ4n) is 5.83. The molecule has 174 valence electrons. The van der Waals surface area contributed by atoms with Gasteiger partial charge in [0.2, 0.25) is 0 Å². The van der Waals surface area contributed by atoms with E-state index in [9.17, 15) is 0 Å². The Labute approximate surface area is 215 Å². The zero-order valence-corrected chi connectivity index (χ0v) is 20.0. The van der Waals surface area contributed by atoms with Crippen LogP contribution >= 0.6 is 0 Å². The molecule has 2 heterocycles. The molecule has 0 radical (unpaired) electrons. The molecule has 3 nitrogen and oxygen atoms in total. The molecule has 8 rings (SSSR count). The first-order valence-corrected chi connectivity index (χ1v) is 12.5. The van der Waals surface area contributed by atoms with Gasteiger partial charge < -0.3 is 14.5 Å². The summed E-state index contributed by atoms with van der Waals surface area (Å²) >= 11 is 0. The zero-order chi connectivity index (χ0) is 24.3. The second-order valence-electron chi connectivity index (χ2n) is 9.40. The lowest BCUT2D eigenvalue weighted by molar-refractivity contribution is 0.477. The second kappa shape index (κ2) is 7.74. The van der Waals surface area contributed by atoms with Crippen molar-refractivity contribution in [1.82, 2.24) is 0 Å². The maximum absolute atomic E-state index is 6.56. The van der Waals surface area contributed by atoms with Gasteiger partial charge in [-0.15, -0.1) is 0 Å². The van der Waals surface area contributed by atoms with Gasteiger partial charge in [0.1, 0.15) is 0 Å². The smallest absolute Gasteiger partial charge is 0.152 e. The first-order valence-electron chi connectivity index (χ1n) is 12.5. The van der Waals surface area contributed by atoms with Gasteiger partial charge in [-0.2, -0.15) is 0 Å². The van der Waals surface area contributed by atoms with Crippen LogP contribution in [-0.4, -0.2) is 0 Å². The first kappa shape index (κ1) is 20.2. The Kier molecular flexibility index (Phi) is 4.23. The van der Waals surface area contributed by atoms with Gasteiger partial charge in [-0.1, -0.05) is 78.9 Å². The molecule has 6 aromatic rings. The normalized spacial score (nSPS) is 13.0. The topological polar surface area (TPSA) is 15.7 Å². The van der Waals surface area contributed by atoms with Crippen molar-refractivity contribution in [3.05, 3.63) is 133 Å². The Balaban J connectivity index is 1.52. The first-order chi connectivity index (χ1) is 18.4. The molecule has 0 saturated heterocycles. The standard InChI is InChI=1S/C34H22N2O/c1-3-13-24(14-4-1)35-28-19-10-12-23-11-9-17-26(32(23)28)33-29(35)21-22-31-34(33)36(25-15-5-2-6-16-25)27-18-7-8-20-30(27)37-31/h1-22H. The average molecular weight is 475 g/mol. The third-order valence-corrected chi connectivity index (χ3v) is 7.33. The van der Waals surface area contributed by atoms with Crippen molar-refractivity contribution < 1.29 is 4.74 Å². The number of fused-ring (bicyclic) bond motifs is 5. The zero-order valence-electron chi connectivity index (χ0n) is 20.0. The Bertz CT molecular complexity index is 1810. The van der Waals surface area contributed by atoms with E-state index in [2.05, 4.69) is 131 Å². The van der Waals surface area contributed by atoms with Gasteiger partial charge in [0.15, 0.2) is 11.5 Å². The Morgan fingerprint density at radius 1 is 0.432 bits per heavy atom. The Morgan fingerprint density at radius 2 is 1.08 bits per heavy atom. The van der Waals surface area contributed by atoms with Gasteiger partial charge in [0.05, 0.1) is 22.7 Å². The van der Waals surface area contributed by atoms with Crippen molar-refractivity contribution in [1.29, 1.82) is 0 Å². The van der Waals surface area contributed by atoms with E-state index in [1.165, 1.54) is 27.6 Å². The summed E-state index contributed by atoms with van der Waals surface area (Å²) in [6.07, 6.45) is 0. The minimum absolute atomic E-state index is 0.852. The lowest BCUT2D eigenvalue weighted by Gasteiger charge is -2.39. The largest absolute Gasteiger partial charge is 0.453 e. The van der Waals surface area contributed by atoms with Gasteiger partial charge in [-0.3, -0.25) is 0 Å². The van der Waals surface area contributed by atoms with Crippen molar-refractivity contribution in [2.75, 3.05) is 9.80 Å². The number of anilines is 6. The van der Waals surface area contributed by atoms with E-state index in [1.807, 2.05) is 12.1 Å². The minimum atomic E-state index is 0.852. The molecule has 0 atom stereocenters. The monoisotopic (exact) mass is 474 g/mol. The van der Waals surface area contributed by atoms with Crippen LogP contribution in [0.1, 0.15) is 0 Å². The molecule has 0 unspecified atom stereocenters. The van der Waals surface area contributed by atoms with Crippen LogP contribution in [0.4, 0.5) is 34.1 Å².